The summed E-state index contributed by atoms with van der Waals surface area (Å²) in [5.41, 5.74) is 3.60. The van der Waals surface area contributed by atoms with Crippen LogP contribution in [-0.2, 0) is 19.3 Å². The van der Waals surface area contributed by atoms with Crippen LogP contribution in [0.1, 0.15) is 81.5 Å². The third-order valence-electron chi connectivity index (χ3n) is 4.48. The van der Waals surface area contributed by atoms with Gasteiger partial charge in [0.15, 0.2) is 0 Å². The molecule has 0 amide bonds. The van der Waals surface area contributed by atoms with E-state index in [1.54, 1.807) is 0 Å². The van der Waals surface area contributed by atoms with Gasteiger partial charge in [-0.1, -0.05) is 0 Å². The van der Waals surface area contributed by atoms with Crippen molar-refractivity contribution in [2.24, 2.45) is 0 Å². The zero-order valence-electron chi connectivity index (χ0n) is 14.7. The molecular weight excluding hydrogens is 380 g/mol. The fraction of sp³-hybridized carbons (Fsp3) is 0.632. The van der Waals surface area contributed by atoms with Gasteiger partial charge in [0.2, 0.25) is 0 Å². The summed E-state index contributed by atoms with van der Waals surface area (Å²) in [6, 6.07) is 2.42. The predicted octanol–water partition coefficient (Wildman–Crippen LogP) is 3.72. The molecule has 0 atom stereocenters. The first-order valence-electron chi connectivity index (χ1n) is 8.84. The SMILES string of the molecule is CCCCc1c(F)c(CCCC)c(CCCC)c(C#N)[c]1[SnH3]. The van der Waals surface area contributed by atoms with Gasteiger partial charge >= 0.3 is 148 Å². The third-order valence-corrected chi connectivity index (χ3v) is 7.63. The Bertz CT molecular complexity index is 531. The Balaban J connectivity index is 3.42. The van der Waals surface area contributed by atoms with Crippen LogP contribution in [0.4, 0.5) is 4.39 Å². The Kier molecular flexibility index (Phi) is 9.09. The molecule has 122 valence electrons. The van der Waals surface area contributed by atoms with Crippen LogP contribution in [0.5, 0.6) is 0 Å². The van der Waals surface area contributed by atoms with Crippen LogP contribution in [0.25, 0.3) is 0 Å². The molecule has 3 heteroatoms. The second kappa shape index (κ2) is 10.3. The van der Waals surface area contributed by atoms with Crippen LogP contribution >= 0.6 is 0 Å². The molecule has 0 radical (unpaired) electrons. The Labute approximate surface area is 148 Å². The van der Waals surface area contributed by atoms with Crippen LogP contribution in [0, 0.1) is 17.1 Å². The molecule has 0 unspecified atom stereocenters. The van der Waals surface area contributed by atoms with Gasteiger partial charge in [-0.2, -0.15) is 0 Å². The van der Waals surface area contributed by atoms with Crippen molar-refractivity contribution < 1.29 is 4.39 Å². The van der Waals surface area contributed by atoms with E-state index in [-0.39, 0.29) is 28.3 Å². The zero-order chi connectivity index (χ0) is 16.5. The molecule has 0 saturated heterocycles. The van der Waals surface area contributed by atoms with Crippen LogP contribution in [0.15, 0.2) is 0 Å². The van der Waals surface area contributed by atoms with Gasteiger partial charge in [0.1, 0.15) is 0 Å². The molecule has 0 bridgehead atoms. The summed E-state index contributed by atoms with van der Waals surface area (Å²) >= 11 is 0.150. The van der Waals surface area contributed by atoms with E-state index in [1.165, 1.54) is 0 Å². The van der Waals surface area contributed by atoms with E-state index in [9.17, 15) is 5.26 Å². The van der Waals surface area contributed by atoms with Gasteiger partial charge in [0.05, 0.1) is 0 Å². The molecule has 0 aliphatic rings. The van der Waals surface area contributed by atoms with Crippen molar-refractivity contribution in [2.75, 3.05) is 0 Å². The average Bonchev–Trinajstić information content (AvgIpc) is 2.52. The minimum absolute atomic E-state index is 0.0289. The van der Waals surface area contributed by atoms with Crippen molar-refractivity contribution in [1.82, 2.24) is 0 Å². The number of hydrogen-bond donors (Lipinski definition) is 0. The summed E-state index contributed by atoms with van der Waals surface area (Å²) in [7, 11) is 0. The van der Waals surface area contributed by atoms with E-state index in [1.807, 2.05) is 0 Å². The molecule has 0 heterocycles. The van der Waals surface area contributed by atoms with Crippen molar-refractivity contribution >= 4 is 26.1 Å². The number of nitrogens with zero attached hydrogens (tertiary/aromatic N) is 1. The van der Waals surface area contributed by atoms with Gasteiger partial charge < -0.3 is 0 Å². The third kappa shape index (κ3) is 4.72. The first-order valence-corrected chi connectivity index (χ1v) is 11.7. The standard InChI is InChI=1S/C19H27FN.Sn.3H/c1-4-7-10-15-13-16(14-21)17(11-8-5-2)18(19(15)20)12-9-6-3;;;;/h4-12H2,1-3H3;;;;. The van der Waals surface area contributed by atoms with Gasteiger partial charge in [0.25, 0.3) is 0 Å². The topological polar surface area (TPSA) is 23.8 Å². The molecule has 0 fully saturated rings. The first kappa shape index (κ1) is 19.5. The molecule has 0 N–H and O–H groups in total. The maximum absolute atomic E-state index is 15.1. The molecule has 1 aromatic rings. The zero-order valence-corrected chi connectivity index (χ0v) is 20.4. The molecule has 22 heavy (non-hydrogen) atoms. The summed E-state index contributed by atoms with van der Waals surface area (Å²) in [6.45, 7) is 6.42. The summed E-state index contributed by atoms with van der Waals surface area (Å²) in [5.74, 6) is 0.0289. The van der Waals surface area contributed by atoms with E-state index in [2.05, 4.69) is 26.8 Å². The summed E-state index contributed by atoms with van der Waals surface area (Å²) in [6.07, 6.45) is 8.70. The number of benzene rings is 1. The molecule has 0 aromatic heterocycles. The second-order valence-corrected chi connectivity index (χ2v) is 9.03. The Hall–Kier alpha value is -0.561. The molecule has 1 nitrogen and oxygen atoms in total. The fourth-order valence-corrected chi connectivity index (χ4v) is 5.57. The van der Waals surface area contributed by atoms with Gasteiger partial charge in [0, 0.05) is 0 Å². The van der Waals surface area contributed by atoms with Crippen LogP contribution in [0.3, 0.4) is 0 Å². The molecule has 0 aliphatic heterocycles. The van der Waals surface area contributed by atoms with Gasteiger partial charge in [-0.05, 0) is 0 Å². The van der Waals surface area contributed by atoms with Crippen molar-refractivity contribution in [2.45, 2.75) is 78.6 Å². The van der Waals surface area contributed by atoms with E-state index in [0.717, 1.165) is 83.6 Å². The van der Waals surface area contributed by atoms with Crippen LogP contribution in [0.2, 0.25) is 0 Å². The first-order chi connectivity index (χ1) is 10.6. The second-order valence-electron chi connectivity index (χ2n) is 6.17. The van der Waals surface area contributed by atoms with Gasteiger partial charge in [-0.15, -0.1) is 0 Å². The monoisotopic (exact) mass is 411 g/mol. The van der Waals surface area contributed by atoms with Crippen LogP contribution < -0.4 is 3.58 Å². The van der Waals surface area contributed by atoms with E-state index < -0.39 is 0 Å². The van der Waals surface area contributed by atoms with E-state index in [4.69, 9.17) is 0 Å². The number of rotatable bonds is 9. The number of nitriles is 1. The van der Waals surface area contributed by atoms with Crippen molar-refractivity contribution in [3.05, 3.63) is 28.1 Å². The van der Waals surface area contributed by atoms with E-state index >= 15 is 4.39 Å². The number of unbranched alkanes of at least 4 members (excludes halogenated alkanes) is 3. The molecular formula is C19H30FNSn. The molecule has 0 spiro atoms. The summed E-state index contributed by atoms with van der Waals surface area (Å²) in [5, 5.41) is 9.65. The Morgan fingerprint density at radius 3 is 1.77 bits per heavy atom. The van der Waals surface area contributed by atoms with Gasteiger partial charge in [-0.25, -0.2) is 0 Å². The normalized spacial score (nSPS) is 10.9. The molecule has 0 aliphatic carbocycles. The number of hydrogen-bond acceptors (Lipinski definition) is 1. The van der Waals surface area contributed by atoms with Crippen molar-refractivity contribution in [1.29, 1.82) is 5.26 Å². The molecule has 1 aromatic carbocycles. The Morgan fingerprint density at radius 2 is 1.32 bits per heavy atom. The van der Waals surface area contributed by atoms with Gasteiger partial charge in [-0.3, -0.25) is 0 Å². The predicted molar refractivity (Wildman–Crippen MR) is 96.5 cm³/mol. The van der Waals surface area contributed by atoms with E-state index in [0.29, 0.717) is 0 Å². The fourth-order valence-electron chi connectivity index (χ4n) is 3.05. The van der Waals surface area contributed by atoms with Crippen molar-refractivity contribution in [3.63, 3.8) is 0 Å². The van der Waals surface area contributed by atoms with Crippen LogP contribution in [-0.4, -0.2) is 22.5 Å². The summed E-state index contributed by atoms with van der Waals surface area (Å²) < 4.78 is 16.2. The maximum atomic E-state index is 15.1. The van der Waals surface area contributed by atoms with Crippen molar-refractivity contribution in [3.8, 4) is 6.07 Å². The quantitative estimate of drug-likeness (QED) is 0.570. The number of halogens is 1. The molecule has 0 saturated carbocycles. The Morgan fingerprint density at radius 1 is 0.864 bits per heavy atom. The minimum atomic E-state index is 0.0289. The molecule has 1 rings (SSSR count). The average molecular weight is 410 g/mol. The summed E-state index contributed by atoms with van der Waals surface area (Å²) in [4.78, 5) is 0.